The summed E-state index contributed by atoms with van der Waals surface area (Å²) in [6.07, 6.45) is 0. The van der Waals surface area contributed by atoms with Crippen molar-refractivity contribution in [1.82, 2.24) is 0 Å². The van der Waals surface area contributed by atoms with Crippen molar-refractivity contribution in [3.05, 3.63) is 57.8 Å². The van der Waals surface area contributed by atoms with E-state index in [1.165, 1.54) is 0 Å². The second-order valence-electron chi connectivity index (χ2n) is 4.49. The Bertz CT molecular complexity index is 751. The molecule has 2 N–H and O–H groups in total. The molecule has 0 aliphatic carbocycles. The Labute approximate surface area is 126 Å². The highest BCUT2D eigenvalue weighted by atomic mass is 79.9. The quantitative estimate of drug-likeness (QED) is 0.799. The Morgan fingerprint density at radius 3 is 2.62 bits per heavy atom. The van der Waals surface area contributed by atoms with Gasteiger partial charge in [0.2, 0.25) is 0 Å². The molecule has 2 aromatic rings. The van der Waals surface area contributed by atoms with Gasteiger partial charge < -0.3 is 10.6 Å². The van der Waals surface area contributed by atoms with Crippen LogP contribution in [0.1, 0.15) is 11.6 Å². The number of hydrogen-bond donors (Lipinski definition) is 2. The van der Waals surface area contributed by atoms with Crippen LogP contribution in [0.3, 0.4) is 0 Å². The van der Waals surface area contributed by atoms with Gasteiger partial charge in [-0.05, 0) is 24.3 Å². The fourth-order valence-electron chi connectivity index (χ4n) is 2.21. The molecule has 0 fully saturated rings. The zero-order valence-corrected chi connectivity index (χ0v) is 12.0. The molecular formula is C14H8BrF3N2O. The van der Waals surface area contributed by atoms with E-state index in [9.17, 15) is 18.0 Å². The molecule has 108 valence electrons. The lowest BCUT2D eigenvalue weighted by Crippen LogP contribution is -2.20. The third-order valence-corrected chi connectivity index (χ3v) is 3.89. The Hall–Kier alpha value is -2.02. The Morgan fingerprint density at radius 2 is 1.86 bits per heavy atom. The Balaban J connectivity index is 2.01. The van der Waals surface area contributed by atoms with Gasteiger partial charge in [0.05, 0.1) is 5.69 Å². The van der Waals surface area contributed by atoms with Gasteiger partial charge in [-0.3, -0.25) is 4.79 Å². The van der Waals surface area contributed by atoms with Crippen molar-refractivity contribution in [2.24, 2.45) is 0 Å². The molecule has 0 bridgehead atoms. The van der Waals surface area contributed by atoms with Crippen LogP contribution in [0.4, 0.5) is 24.5 Å². The molecule has 1 unspecified atom stereocenters. The van der Waals surface area contributed by atoms with Crippen LogP contribution >= 0.6 is 15.9 Å². The smallest absolute Gasteiger partial charge is 0.251 e. The second kappa shape index (κ2) is 5.07. The molecule has 21 heavy (non-hydrogen) atoms. The number of hydrogen-bond acceptors (Lipinski definition) is 2. The van der Waals surface area contributed by atoms with Gasteiger partial charge in [0, 0.05) is 15.7 Å². The summed E-state index contributed by atoms with van der Waals surface area (Å²) in [5.74, 6) is -4.62. The lowest BCUT2D eigenvalue weighted by atomic mass is 10.1. The monoisotopic (exact) mass is 356 g/mol. The molecule has 0 aromatic heterocycles. The van der Waals surface area contributed by atoms with Gasteiger partial charge >= 0.3 is 0 Å². The van der Waals surface area contributed by atoms with Crippen molar-refractivity contribution in [3.63, 3.8) is 0 Å². The van der Waals surface area contributed by atoms with Crippen molar-refractivity contribution < 1.29 is 18.0 Å². The van der Waals surface area contributed by atoms with Gasteiger partial charge in [0.25, 0.3) is 5.91 Å². The standard InChI is InChI=1S/C14H8BrF3N2O/c15-6-2-1-3-8-10(6)13(14(21)20-8)19-9-5-4-7(16)11(17)12(9)18/h1-5,13,19H,(H,20,21). The second-order valence-corrected chi connectivity index (χ2v) is 5.34. The number of nitrogens with one attached hydrogen (secondary N) is 2. The Kier molecular flexibility index (Phi) is 3.36. The number of carbonyl (C=O) groups is 1. The average Bonchev–Trinajstić information content (AvgIpc) is 2.77. The first-order chi connectivity index (χ1) is 9.99. The molecule has 1 atom stereocenters. The van der Waals surface area contributed by atoms with Gasteiger partial charge in [-0.2, -0.15) is 0 Å². The fraction of sp³-hybridized carbons (Fsp3) is 0.0714. The molecule has 1 amide bonds. The molecule has 2 aromatic carbocycles. The third-order valence-electron chi connectivity index (χ3n) is 3.20. The van der Waals surface area contributed by atoms with Gasteiger partial charge in [0.1, 0.15) is 6.04 Å². The predicted molar refractivity (Wildman–Crippen MR) is 75.5 cm³/mol. The van der Waals surface area contributed by atoms with Crippen LogP contribution in [0.2, 0.25) is 0 Å². The highest BCUT2D eigenvalue weighted by molar-refractivity contribution is 9.10. The zero-order valence-electron chi connectivity index (χ0n) is 10.4. The summed E-state index contributed by atoms with van der Waals surface area (Å²) in [5.41, 5.74) is 0.888. The van der Waals surface area contributed by atoms with Crippen LogP contribution in [0.5, 0.6) is 0 Å². The van der Waals surface area contributed by atoms with Crippen LogP contribution in [-0.4, -0.2) is 5.91 Å². The molecule has 7 heteroatoms. The van der Waals surface area contributed by atoms with Gasteiger partial charge in [-0.15, -0.1) is 0 Å². The zero-order chi connectivity index (χ0) is 15.1. The summed E-state index contributed by atoms with van der Waals surface area (Å²) in [5, 5.41) is 5.23. The number of anilines is 2. The average molecular weight is 357 g/mol. The van der Waals surface area contributed by atoms with E-state index in [0.717, 1.165) is 12.1 Å². The van der Waals surface area contributed by atoms with Crippen molar-refractivity contribution in [3.8, 4) is 0 Å². The molecule has 3 nitrogen and oxygen atoms in total. The maximum absolute atomic E-state index is 13.7. The largest absolute Gasteiger partial charge is 0.367 e. The number of fused-ring (bicyclic) bond motifs is 1. The van der Waals surface area contributed by atoms with Crippen LogP contribution in [0.15, 0.2) is 34.8 Å². The highest BCUT2D eigenvalue weighted by Gasteiger charge is 2.33. The van der Waals surface area contributed by atoms with Gasteiger partial charge in [-0.25, -0.2) is 13.2 Å². The Morgan fingerprint density at radius 1 is 1.10 bits per heavy atom. The van der Waals surface area contributed by atoms with Crippen molar-refractivity contribution in [2.75, 3.05) is 10.6 Å². The van der Waals surface area contributed by atoms with Crippen LogP contribution in [0, 0.1) is 17.5 Å². The first kappa shape index (κ1) is 13.9. The highest BCUT2D eigenvalue weighted by Crippen LogP contribution is 2.38. The molecule has 0 radical (unpaired) electrons. The lowest BCUT2D eigenvalue weighted by Gasteiger charge is -2.15. The van der Waals surface area contributed by atoms with Gasteiger partial charge in [-0.1, -0.05) is 22.0 Å². The van der Waals surface area contributed by atoms with E-state index in [4.69, 9.17) is 0 Å². The van der Waals surface area contributed by atoms with Crippen molar-refractivity contribution in [1.29, 1.82) is 0 Å². The van der Waals surface area contributed by atoms with E-state index in [0.29, 0.717) is 15.7 Å². The molecule has 0 saturated heterocycles. The number of carbonyl (C=O) groups excluding carboxylic acids is 1. The predicted octanol–water partition coefficient (Wildman–Crippen LogP) is 3.97. The van der Waals surface area contributed by atoms with Gasteiger partial charge in [0.15, 0.2) is 17.5 Å². The minimum Gasteiger partial charge on any atom is -0.367 e. The van der Waals surface area contributed by atoms with Crippen molar-refractivity contribution >= 4 is 33.2 Å². The number of halogens is 4. The summed E-state index contributed by atoms with van der Waals surface area (Å²) in [6, 6.07) is 6.13. The maximum Gasteiger partial charge on any atom is 0.251 e. The summed E-state index contributed by atoms with van der Waals surface area (Å²) in [7, 11) is 0. The SMILES string of the molecule is O=C1Nc2cccc(Br)c2C1Nc1ccc(F)c(F)c1F. The molecule has 1 heterocycles. The summed E-state index contributed by atoms with van der Waals surface area (Å²) < 4.78 is 40.5. The van der Waals surface area contributed by atoms with E-state index in [1.807, 2.05) is 0 Å². The number of amides is 1. The molecule has 0 spiro atoms. The molecule has 3 rings (SSSR count). The van der Waals surface area contributed by atoms with E-state index in [2.05, 4.69) is 26.6 Å². The molecule has 1 aliphatic rings. The maximum atomic E-state index is 13.7. The minimum absolute atomic E-state index is 0.280. The lowest BCUT2D eigenvalue weighted by molar-refractivity contribution is -0.116. The number of rotatable bonds is 2. The minimum atomic E-state index is -1.58. The normalized spacial score (nSPS) is 16.6. The third kappa shape index (κ3) is 2.27. The fourth-order valence-corrected chi connectivity index (χ4v) is 2.80. The van der Waals surface area contributed by atoms with E-state index in [1.54, 1.807) is 18.2 Å². The van der Waals surface area contributed by atoms with Crippen LogP contribution in [-0.2, 0) is 4.79 Å². The van der Waals surface area contributed by atoms with E-state index >= 15 is 0 Å². The number of benzene rings is 2. The summed E-state index contributed by atoms with van der Waals surface area (Å²) in [4.78, 5) is 12.0. The molecule has 1 aliphatic heterocycles. The molecular weight excluding hydrogens is 349 g/mol. The van der Waals surface area contributed by atoms with Crippen LogP contribution in [0.25, 0.3) is 0 Å². The summed E-state index contributed by atoms with van der Waals surface area (Å²) >= 11 is 3.31. The van der Waals surface area contributed by atoms with Crippen molar-refractivity contribution in [2.45, 2.75) is 6.04 Å². The van der Waals surface area contributed by atoms with Crippen LogP contribution < -0.4 is 10.6 Å². The van der Waals surface area contributed by atoms with E-state index in [-0.39, 0.29) is 5.69 Å². The summed E-state index contributed by atoms with van der Waals surface area (Å²) in [6.45, 7) is 0. The first-order valence-corrected chi connectivity index (χ1v) is 6.77. The molecule has 0 saturated carbocycles. The first-order valence-electron chi connectivity index (χ1n) is 5.98. The topological polar surface area (TPSA) is 41.1 Å². The van der Waals surface area contributed by atoms with E-state index < -0.39 is 29.4 Å².